The van der Waals surface area contributed by atoms with E-state index < -0.39 is 16.1 Å². The molecule has 8 heteroatoms. The van der Waals surface area contributed by atoms with Gasteiger partial charge in [0.2, 0.25) is 15.9 Å². The predicted octanol–water partition coefficient (Wildman–Crippen LogP) is 3.59. The zero-order valence-electron chi connectivity index (χ0n) is 17.6. The first-order chi connectivity index (χ1) is 13.7. The van der Waals surface area contributed by atoms with E-state index >= 15 is 0 Å². The third-order valence-electron chi connectivity index (χ3n) is 4.44. The number of nitrogens with zero attached hydrogens (tertiary/aromatic N) is 1. The van der Waals surface area contributed by atoms with Gasteiger partial charge in [-0.15, -0.1) is 11.3 Å². The maximum absolute atomic E-state index is 12.7. The van der Waals surface area contributed by atoms with Crippen molar-refractivity contribution in [3.05, 3.63) is 45.9 Å². The monoisotopic (exact) mass is 437 g/mol. The molecule has 1 aromatic carbocycles. The van der Waals surface area contributed by atoms with Crippen molar-refractivity contribution in [1.29, 1.82) is 0 Å². The molecule has 0 saturated carbocycles. The number of hydrogen-bond acceptors (Lipinski definition) is 5. The molecule has 160 valence electrons. The molecular weight excluding hydrogens is 406 g/mol. The van der Waals surface area contributed by atoms with Gasteiger partial charge in [-0.2, -0.15) is 4.72 Å². The van der Waals surface area contributed by atoms with Gasteiger partial charge < -0.3 is 5.32 Å². The number of amides is 1. The van der Waals surface area contributed by atoms with Gasteiger partial charge in [-0.1, -0.05) is 31.5 Å². The molecule has 6 nitrogen and oxygen atoms in total. The number of nitrogens with one attached hydrogen (secondary N) is 2. The summed E-state index contributed by atoms with van der Waals surface area (Å²) < 4.78 is 27.9. The van der Waals surface area contributed by atoms with Crippen LogP contribution in [-0.2, 0) is 21.2 Å². The summed E-state index contributed by atoms with van der Waals surface area (Å²) in [5, 5.41) is 6.02. The highest BCUT2D eigenvalue weighted by atomic mass is 32.2. The highest BCUT2D eigenvalue weighted by Crippen LogP contribution is 2.14. The molecule has 0 aliphatic heterocycles. The maximum Gasteiger partial charge on any atom is 0.241 e. The van der Waals surface area contributed by atoms with E-state index in [0.717, 1.165) is 35.5 Å². The number of hydrogen-bond donors (Lipinski definition) is 2. The summed E-state index contributed by atoms with van der Waals surface area (Å²) in [5.74, 6) is -0.0981. The van der Waals surface area contributed by atoms with Crippen molar-refractivity contribution in [1.82, 2.24) is 15.0 Å². The number of carbonyl (C=O) groups is 1. The summed E-state index contributed by atoms with van der Waals surface area (Å²) in [6.07, 6.45) is 3.08. The molecule has 2 aromatic rings. The van der Waals surface area contributed by atoms with Crippen LogP contribution in [0.5, 0.6) is 0 Å². The van der Waals surface area contributed by atoms with Crippen molar-refractivity contribution in [2.75, 3.05) is 6.54 Å². The SMILES string of the molecule is Cc1ccc(S(=O)(=O)NC(CC(C)C)C(=O)NCCCCc2nc(C)cs2)cc1. The molecule has 0 spiro atoms. The fourth-order valence-corrected chi connectivity index (χ4v) is 4.93. The first kappa shape index (κ1) is 23.5. The lowest BCUT2D eigenvalue weighted by Crippen LogP contribution is -2.47. The topological polar surface area (TPSA) is 88.2 Å². The Morgan fingerprint density at radius 2 is 1.83 bits per heavy atom. The molecule has 0 aliphatic carbocycles. The largest absolute Gasteiger partial charge is 0.355 e. The molecule has 2 N–H and O–H groups in total. The number of aromatic nitrogens is 1. The minimum atomic E-state index is -3.75. The Morgan fingerprint density at radius 1 is 1.14 bits per heavy atom. The number of carbonyl (C=O) groups excluding carboxylic acids is 1. The van der Waals surface area contributed by atoms with Gasteiger partial charge in [0, 0.05) is 17.6 Å². The zero-order chi connectivity index (χ0) is 21.4. The number of thiazole rings is 1. The fraction of sp³-hybridized carbons (Fsp3) is 0.524. The molecule has 0 fully saturated rings. The highest BCUT2D eigenvalue weighted by molar-refractivity contribution is 7.89. The zero-order valence-corrected chi connectivity index (χ0v) is 19.2. The van der Waals surface area contributed by atoms with E-state index in [0.29, 0.717) is 13.0 Å². The average Bonchev–Trinajstić information content (AvgIpc) is 3.05. The van der Waals surface area contributed by atoms with Crippen molar-refractivity contribution in [3.8, 4) is 0 Å². The Morgan fingerprint density at radius 3 is 2.41 bits per heavy atom. The quantitative estimate of drug-likeness (QED) is 0.526. The second-order valence-corrected chi connectivity index (χ2v) is 10.4. The molecule has 0 saturated heterocycles. The number of unbranched alkanes of at least 4 members (excludes halogenated alkanes) is 1. The first-order valence-corrected chi connectivity index (χ1v) is 12.3. The number of rotatable bonds is 11. The fourth-order valence-electron chi connectivity index (χ4n) is 2.91. The molecule has 29 heavy (non-hydrogen) atoms. The molecule has 1 heterocycles. The minimum Gasteiger partial charge on any atom is -0.355 e. The van der Waals surface area contributed by atoms with Crippen molar-refractivity contribution in [2.24, 2.45) is 5.92 Å². The summed E-state index contributed by atoms with van der Waals surface area (Å²) >= 11 is 1.66. The molecule has 1 aromatic heterocycles. The van der Waals surface area contributed by atoms with Gasteiger partial charge in [-0.25, -0.2) is 13.4 Å². The van der Waals surface area contributed by atoms with Gasteiger partial charge in [-0.3, -0.25) is 4.79 Å². The van der Waals surface area contributed by atoms with Gasteiger partial charge in [0.15, 0.2) is 0 Å². The summed E-state index contributed by atoms with van der Waals surface area (Å²) in [4.78, 5) is 17.2. The Kier molecular flexibility index (Phi) is 8.79. The molecule has 1 atom stereocenters. The Bertz CT molecular complexity index is 890. The second-order valence-electron chi connectivity index (χ2n) is 7.75. The van der Waals surface area contributed by atoms with E-state index in [1.807, 2.05) is 33.1 Å². The van der Waals surface area contributed by atoms with E-state index in [9.17, 15) is 13.2 Å². The second kappa shape index (κ2) is 10.8. The van der Waals surface area contributed by atoms with Gasteiger partial charge in [0.25, 0.3) is 0 Å². The average molecular weight is 438 g/mol. The number of benzene rings is 1. The third-order valence-corrected chi connectivity index (χ3v) is 6.95. The standard InChI is InChI=1S/C21H31N3O3S2/c1-15(2)13-19(24-29(26,27)18-10-8-16(3)9-11-18)21(25)22-12-6-5-7-20-23-17(4)14-28-20/h8-11,14-15,19,24H,5-7,12-13H2,1-4H3,(H,22,25). The van der Waals surface area contributed by atoms with Crippen LogP contribution in [0.4, 0.5) is 0 Å². The number of sulfonamides is 1. The Hall–Kier alpha value is -1.77. The Labute approximate surface area is 178 Å². The van der Waals surface area contributed by atoms with Crippen molar-refractivity contribution >= 4 is 27.3 Å². The third kappa shape index (κ3) is 7.87. The smallest absolute Gasteiger partial charge is 0.241 e. The molecular formula is C21H31N3O3S2. The van der Waals surface area contributed by atoms with E-state index in [2.05, 4.69) is 15.0 Å². The molecule has 1 amide bonds. The predicted molar refractivity (Wildman–Crippen MR) is 118 cm³/mol. The van der Waals surface area contributed by atoms with Crippen LogP contribution in [0, 0.1) is 19.8 Å². The normalized spacial score (nSPS) is 12.9. The van der Waals surface area contributed by atoms with Crippen LogP contribution in [0.25, 0.3) is 0 Å². The van der Waals surface area contributed by atoms with Crippen LogP contribution in [0.2, 0.25) is 0 Å². The van der Waals surface area contributed by atoms with E-state index in [4.69, 9.17) is 0 Å². The lowest BCUT2D eigenvalue weighted by Gasteiger charge is -2.20. The molecule has 1 unspecified atom stereocenters. The van der Waals surface area contributed by atoms with Crippen molar-refractivity contribution in [2.45, 2.75) is 64.3 Å². The maximum atomic E-state index is 12.7. The first-order valence-electron chi connectivity index (χ1n) is 9.95. The van der Waals surface area contributed by atoms with Gasteiger partial charge in [0.05, 0.1) is 9.90 Å². The van der Waals surface area contributed by atoms with E-state index in [-0.39, 0.29) is 16.7 Å². The van der Waals surface area contributed by atoms with Crippen LogP contribution in [0.3, 0.4) is 0 Å². The summed E-state index contributed by atoms with van der Waals surface area (Å²) in [5.41, 5.74) is 2.02. The van der Waals surface area contributed by atoms with Crippen LogP contribution in [0.15, 0.2) is 34.5 Å². The highest BCUT2D eigenvalue weighted by Gasteiger charge is 2.26. The lowest BCUT2D eigenvalue weighted by molar-refractivity contribution is -0.123. The molecule has 0 radical (unpaired) electrons. The van der Waals surface area contributed by atoms with Crippen molar-refractivity contribution in [3.63, 3.8) is 0 Å². The van der Waals surface area contributed by atoms with Crippen LogP contribution in [0.1, 0.15) is 49.4 Å². The van der Waals surface area contributed by atoms with Crippen molar-refractivity contribution < 1.29 is 13.2 Å². The summed E-state index contributed by atoms with van der Waals surface area (Å²) in [7, 11) is -3.75. The van der Waals surface area contributed by atoms with Gasteiger partial charge >= 0.3 is 0 Å². The minimum absolute atomic E-state index is 0.170. The summed E-state index contributed by atoms with van der Waals surface area (Å²) in [6.45, 7) is 8.33. The number of aryl methyl sites for hydroxylation is 3. The Balaban J connectivity index is 1.88. The van der Waals surface area contributed by atoms with Crippen LogP contribution in [-0.4, -0.2) is 31.9 Å². The molecule has 0 aliphatic rings. The van der Waals surface area contributed by atoms with E-state index in [1.54, 1.807) is 35.6 Å². The lowest BCUT2D eigenvalue weighted by atomic mass is 10.0. The van der Waals surface area contributed by atoms with E-state index in [1.165, 1.54) is 0 Å². The molecule has 2 rings (SSSR count). The molecule has 0 bridgehead atoms. The van der Waals surface area contributed by atoms with Gasteiger partial charge in [-0.05, 0) is 57.6 Å². The van der Waals surface area contributed by atoms with Crippen LogP contribution < -0.4 is 10.0 Å². The van der Waals surface area contributed by atoms with Gasteiger partial charge in [0.1, 0.15) is 6.04 Å². The summed E-state index contributed by atoms with van der Waals surface area (Å²) in [6, 6.07) is 5.82. The van der Waals surface area contributed by atoms with Crippen LogP contribution >= 0.6 is 11.3 Å².